The Hall–Kier alpha value is -2.44. The monoisotopic (exact) mass is 344 g/mol. The van der Waals surface area contributed by atoms with Gasteiger partial charge in [-0.05, 0) is 43.9 Å². The van der Waals surface area contributed by atoms with Crippen LogP contribution in [0.15, 0.2) is 24.4 Å². The van der Waals surface area contributed by atoms with Crippen LogP contribution in [0.1, 0.15) is 32.2 Å². The van der Waals surface area contributed by atoms with E-state index >= 15 is 0 Å². The highest BCUT2D eigenvalue weighted by Gasteiger charge is 2.35. The van der Waals surface area contributed by atoms with Crippen molar-refractivity contribution in [3.8, 4) is 17.0 Å². The Morgan fingerprint density at radius 3 is 2.84 bits per heavy atom. The van der Waals surface area contributed by atoms with E-state index in [0.29, 0.717) is 43.3 Å². The van der Waals surface area contributed by atoms with Gasteiger partial charge in [0.1, 0.15) is 5.69 Å². The van der Waals surface area contributed by atoms with E-state index in [1.54, 1.807) is 16.8 Å². The molecule has 132 valence electrons. The molecule has 0 N–H and O–H groups in total. The highest BCUT2D eigenvalue weighted by molar-refractivity contribution is 5.77. The molecule has 2 aliphatic rings. The molecule has 0 unspecified atom stereocenters. The summed E-state index contributed by atoms with van der Waals surface area (Å²) in [7, 11) is 0. The average molecular weight is 344 g/mol. The summed E-state index contributed by atoms with van der Waals surface area (Å²) in [5.41, 5.74) is 1.28. The van der Waals surface area contributed by atoms with Crippen molar-refractivity contribution in [2.24, 2.45) is 5.92 Å². The summed E-state index contributed by atoms with van der Waals surface area (Å²) in [6.45, 7) is 3.58. The number of hydrogen-bond donors (Lipinski definition) is 0. The predicted octanol–water partition coefficient (Wildman–Crippen LogP) is 2.67. The Labute approximate surface area is 145 Å². The van der Waals surface area contributed by atoms with Crippen LogP contribution in [0.2, 0.25) is 0 Å². The number of aromatic nitrogens is 3. The number of likely N-dealkylation sites (tertiary alicyclic amines) is 1. The molecule has 2 fully saturated rings. The highest BCUT2D eigenvalue weighted by Crippen LogP contribution is 2.34. The van der Waals surface area contributed by atoms with Gasteiger partial charge in [-0.15, -0.1) is 5.10 Å². The lowest BCUT2D eigenvalue weighted by Gasteiger charge is -2.39. The number of hydrogen-bond acceptors (Lipinski definition) is 4. The van der Waals surface area contributed by atoms with Crippen molar-refractivity contribution in [1.82, 2.24) is 19.9 Å². The number of benzene rings is 1. The van der Waals surface area contributed by atoms with Gasteiger partial charge in [0.05, 0.1) is 18.8 Å². The van der Waals surface area contributed by atoms with E-state index in [2.05, 4.69) is 10.3 Å². The van der Waals surface area contributed by atoms with Gasteiger partial charge in [-0.2, -0.15) is 0 Å². The lowest BCUT2D eigenvalue weighted by molar-refractivity contribution is -0.137. The van der Waals surface area contributed by atoms with Gasteiger partial charge in [0.15, 0.2) is 11.6 Å². The minimum absolute atomic E-state index is 0.150. The number of ether oxygens (including phenoxy) is 1. The fourth-order valence-electron chi connectivity index (χ4n) is 3.04. The van der Waals surface area contributed by atoms with Crippen molar-refractivity contribution in [1.29, 1.82) is 0 Å². The lowest BCUT2D eigenvalue weighted by Crippen LogP contribution is -2.51. The van der Waals surface area contributed by atoms with Crippen LogP contribution in [0.25, 0.3) is 11.3 Å². The number of carbonyl (C=O) groups excluding carboxylic acids is 1. The van der Waals surface area contributed by atoms with E-state index in [4.69, 9.17) is 4.74 Å². The summed E-state index contributed by atoms with van der Waals surface area (Å²) in [6, 6.07) is 4.94. The molecule has 1 aromatic heterocycles. The zero-order chi connectivity index (χ0) is 17.4. The lowest BCUT2D eigenvalue weighted by atomic mass is 10.1. The van der Waals surface area contributed by atoms with Gasteiger partial charge in [-0.1, -0.05) is 5.21 Å². The van der Waals surface area contributed by atoms with Crippen LogP contribution in [0.3, 0.4) is 0 Å². The number of nitrogens with zero attached hydrogens (tertiary/aromatic N) is 4. The first-order chi connectivity index (χ1) is 12.1. The molecular formula is C18H21FN4O2. The third-order valence-electron chi connectivity index (χ3n) is 4.79. The minimum Gasteiger partial charge on any atom is -0.491 e. The second kappa shape index (κ2) is 6.46. The van der Waals surface area contributed by atoms with E-state index in [9.17, 15) is 9.18 Å². The van der Waals surface area contributed by atoms with Gasteiger partial charge in [-0.25, -0.2) is 9.07 Å². The zero-order valence-electron chi connectivity index (χ0n) is 14.2. The van der Waals surface area contributed by atoms with Crippen molar-refractivity contribution >= 4 is 5.91 Å². The standard InChI is InChI=1S/C18H21FN4O2/c1-2-25-17-6-5-13(8-15(17)19)16-11-23(21-20-16)14-9-22(10-14)18(24)7-12-3-4-12/h5-6,8,11-12,14H,2-4,7,9-10H2,1H3. The van der Waals surface area contributed by atoms with Crippen LogP contribution >= 0.6 is 0 Å². The Balaban J connectivity index is 1.39. The summed E-state index contributed by atoms with van der Waals surface area (Å²) in [5.74, 6) is 0.684. The fourth-order valence-corrected chi connectivity index (χ4v) is 3.04. The molecule has 0 atom stereocenters. The van der Waals surface area contributed by atoms with Gasteiger partial charge < -0.3 is 9.64 Å². The Morgan fingerprint density at radius 2 is 2.16 bits per heavy atom. The Bertz CT molecular complexity index is 781. The van der Waals surface area contributed by atoms with Crippen LogP contribution in [-0.4, -0.2) is 45.5 Å². The molecule has 0 spiro atoms. The van der Waals surface area contributed by atoms with Gasteiger partial charge >= 0.3 is 0 Å². The maximum absolute atomic E-state index is 14.0. The SMILES string of the molecule is CCOc1ccc(-c2cn(C3CN(C(=O)CC4CC4)C3)nn2)cc1F. The van der Waals surface area contributed by atoms with Crippen molar-refractivity contribution < 1.29 is 13.9 Å². The number of rotatable bonds is 6. The molecule has 25 heavy (non-hydrogen) atoms. The van der Waals surface area contributed by atoms with Crippen LogP contribution in [0.5, 0.6) is 5.75 Å². The molecule has 2 heterocycles. The first kappa shape index (κ1) is 16.1. The first-order valence-corrected chi connectivity index (χ1v) is 8.76. The molecule has 6 nitrogen and oxygen atoms in total. The van der Waals surface area contributed by atoms with Crippen molar-refractivity contribution in [2.45, 2.75) is 32.2 Å². The van der Waals surface area contributed by atoms with E-state index < -0.39 is 5.82 Å². The molecule has 1 aromatic carbocycles. The van der Waals surface area contributed by atoms with Crippen LogP contribution in [0.4, 0.5) is 4.39 Å². The van der Waals surface area contributed by atoms with E-state index in [-0.39, 0.29) is 17.7 Å². The topological polar surface area (TPSA) is 60.2 Å². The van der Waals surface area contributed by atoms with Gasteiger partial charge in [0, 0.05) is 25.1 Å². The van der Waals surface area contributed by atoms with Gasteiger partial charge in [0.2, 0.25) is 5.91 Å². The van der Waals surface area contributed by atoms with Gasteiger partial charge in [-0.3, -0.25) is 4.79 Å². The normalized spacial score (nSPS) is 17.4. The second-order valence-electron chi connectivity index (χ2n) is 6.76. The molecule has 2 aromatic rings. The average Bonchev–Trinajstić information content (AvgIpc) is 3.22. The molecule has 1 aliphatic heterocycles. The Morgan fingerprint density at radius 1 is 1.36 bits per heavy atom. The summed E-state index contributed by atoms with van der Waals surface area (Å²) < 4.78 is 21.0. The van der Waals surface area contributed by atoms with Crippen LogP contribution in [-0.2, 0) is 4.79 Å². The zero-order valence-corrected chi connectivity index (χ0v) is 14.2. The largest absolute Gasteiger partial charge is 0.491 e. The van der Waals surface area contributed by atoms with E-state index in [0.717, 1.165) is 0 Å². The predicted molar refractivity (Wildman–Crippen MR) is 89.5 cm³/mol. The number of halogens is 1. The maximum Gasteiger partial charge on any atom is 0.222 e. The molecule has 0 bridgehead atoms. The van der Waals surface area contributed by atoms with Crippen LogP contribution < -0.4 is 4.74 Å². The smallest absolute Gasteiger partial charge is 0.222 e. The van der Waals surface area contributed by atoms with Crippen molar-refractivity contribution in [3.63, 3.8) is 0 Å². The van der Waals surface area contributed by atoms with E-state index in [1.165, 1.54) is 18.9 Å². The summed E-state index contributed by atoms with van der Waals surface area (Å²) >= 11 is 0. The molecule has 1 saturated heterocycles. The number of carbonyl (C=O) groups is 1. The van der Waals surface area contributed by atoms with E-state index in [1.807, 2.05) is 18.0 Å². The van der Waals surface area contributed by atoms with Crippen molar-refractivity contribution in [3.05, 3.63) is 30.2 Å². The molecule has 1 saturated carbocycles. The first-order valence-electron chi connectivity index (χ1n) is 8.76. The molecule has 7 heteroatoms. The molecular weight excluding hydrogens is 323 g/mol. The highest BCUT2D eigenvalue weighted by atomic mass is 19.1. The minimum atomic E-state index is -0.408. The Kier molecular flexibility index (Phi) is 4.15. The third-order valence-corrected chi connectivity index (χ3v) is 4.79. The molecule has 1 aliphatic carbocycles. The van der Waals surface area contributed by atoms with Crippen molar-refractivity contribution in [2.75, 3.05) is 19.7 Å². The molecule has 0 radical (unpaired) electrons. The summed E-state index contributed by atoms with van der Waals surface area (Å²) in [6.07, 6.45) is 4.87. The molecule has 4 rings (SSSR count). The number of amides is 1. The maximum atomic E-state index is 14.0. The van der Waals surface area contributed by atoms with Gasteiger partial charge in [0.25, 0.3) is 0 Å². The summed E-state index contributed by atoms with van der Waals surface area (Å²) in [4.78, 5) is 13.9. The molecule has 1 amide bonds. The fraction of sp³-hybridized carbons (Fsp3) is 0.500. The third kappa shape index (κ3) is 3.36. The van der Waals surface area contributed by atoms with Crippen LogP contribution in [0, 0.1) is 11.7 Å². The summed E-state index contributed by atoms with van der Waals surface area (Å²) in [5, 5.41) is 8.28. The second-order valence-corrected chi connectivity index (χ2v) is 6.76. The quantitative estimate of drug-likeness (QED) is 0.808.